The van der Waals surface area contributed by atoms with E-state index in [4.69, 9.17) is 18.6 Å². The first-order valence-electron chi connectivity index (χ1n) is 16.1. The molecule has 0 bridgehead atoms. The number of rotatable bonds is 5. The summed E-state index contributed by atoms with van der Waals surface area (Å²) in [6.45, 7) is 19.0. The van der Waals surface area contributed by atoms with Gasteiger partial charge in [0.15, 0.2) is 14.1 Å². The Bertz CT molecular complexity index is 1070. The van der Waals surface area contributed by atoms with Crippen molar-refractivity contribution in [1.29, 1.82) is 0 Å². The number of aliphatic hydroxyl groups is 1. The van der Waals surface area contributed by atoms with Gasteiger partial charge in [0.05, 0.1) is 36.6 Å². The fraction of sp³-hybridized carbons (Fsp3) is 0.824. The molecular weight excluding hydrogens is 516 g/mol. The Morgan fingerprint density at radius 3 is 2.35 bits per heavy atom. The summed E-state index contributed by atoms with van der Waals surface area (Å²) < 4.78 is 27.8. The molecule has 1 aromatic rings. The summed E-state index contributed by atoms with van der Waals surface area (Å²) in [5.41, 5.74) is 0.375. The molecule has 1 heterocycles. The van der Waals surface area contributed by atoms with E-state index in [-0.39, 0.29) is 52.6 Å². The molecule has 1 N–H and O–H groups in total. The fourth-order valence-corrected chi connectivity index (χ4v) is 10.9. The van der Waals surface area contributed by atoms with Crippen molar-refractivity contribution in [2.45, 2.75) is 147 Å². The third kappa shape index (κ3) is 4.68. The smallest absolute Gasteiger partial charge is 0.192 e. The van der Waals surface area contributed by atoms with E-state index in [1.54, 1.807) is 0 Å². The number of hydrogen-bond donors (Lipinski definition) is 1. The molecule has 224 valence electrons. The van der Waals surface area contributed by atoms with Crippen molar-refractivity contribution in [3.8, 4) is 0 Å². The van der Waals surface area contributed by atoms with Crippen molar-refractivity contribution in [2.24, 2.45) is 29.1 Å². The Balaban J connectivity index is 1.41. The van der Waals surface area contributed by atoms with Gasteiger partial charge in [-0.15, -0.1) is 0 Å². The minimum absolute atomic E-state index is 0.0116. The van der Waals surface area contributed by atoms with Gasteiger partial charge in [-0.2, -0.15) is 0 Å². The normalized spacial score (nSPS) is 44.4. The molecule has 6 heteroatoms. The van der Waals surface area contributed by atoms with Crippen LogP contribution in [-0.2, 0) is 25.2 Å². The first-order valence-corrected chi connectivity index (χ1v) is 19.0. The molecule has 0 aromatic heterocycles. The van der Waals surface area contributed by atoms with E-state index in [2.05, 4.69) is 85.0 Å². The molecule has 40 heavy (non-hydrogen) atoms. The summed E-state index contributed by atoms with van der Waals surface area (Å²) in [7, 11) is -1.97. The van der Waals surface area contributed by atoms with E-state index in [1.165, 1.54) is 5.56 Å². The van der Waals surface area contributed by atoms with Crippen molar-refractivity contribution in [3.05, 3.63) is 35.9 Å². The third-order valence-electron chi connectivity index (χ3n) is 12.3. The summed E-state index contributed by atoms with van der Waals surface area (Å²) in [5.74, 6) is 0.124. The van der Waals surface area contributed by atoms with Gasteiger partial charge in [-0.3, -0.25) is 0 Å². The summed E-state index contributed by atoms with van der Waals surface area (Å²) in [5, 5.41) is 13.0. The first kappa shape index (κ1) is 29.3. The molecule has 6 rings (SSSR count). The topological polar surface area (TPSA) is 57.2 Å². The third-order valence-corrected chi connectivity index (χ3v) is 16.8. The van der Waals surface area contributed by atoms with Crippen LogP contribution >= 0.6 is 0 Å². The van der Waals surface area contributed by atoms with Gasteiger partial charge >= 0.3 is 0 Å². The van der Waals surface area contributed by atoms with E-state index in [0.29, 0.717) is 12.5 Å². The van der Waals surface area contributed by atoms with Gasteiger partial charge in [-0.1, -0.05) is 70.9 Å². The van der Waals surface area contributed by atoms with Crippen LogP contribution in [0.1, 0.15) is 92.1 Å². The minimum atomic E-state index is -1.97. The SMILES string of the molecule is CC1(C)O[C@@H]2C3C([C@@H](OCc4ccccc4)C[C@@]4(C)C3CC[C@@H]4O[Si](C)(C)C(C)(C)C)[C@@]3(O)CCCCC3[C@H]2O1. The number of fused-ring (bicyclic) bond motifs is 8. The van der Waals surface area contributed by atoms with Crippen LogP contribution in [0, 0.1) is 29.1 Å². The molecule has 1 aromatic carbocycles. The maximum atomic E-state index is 12.8. The van der Waals surface area contributed by atoms with Crippen LogP contribution in [0.25, 0.3) is 0 Å². The molecule has 5 nitrogen and oxygen atoms in total. The van der Waals surface area contributed by atoms with Gasteiger partial charge in [0.25, 0.3) is 0 Å². The molecule has 4 saturated carbocycles. The molecule has 1 saturated heterocycles. The Morgan fingerprint density at radius 2 is 1.65 bits per heavy atom. The minimum Gasteiger partial charge on any atom is -0.413 e. The lowest BCUT2D eigenvalue weighted by Crippen LogP contribution is -2.70. The van der Waals surface area contributed by atoms with E-state index < -0.39 is 19.7 Å². The average Bonchev–Trinajstić information content (AvgIpc) is 3.37. The van der Waals surface area contributed by atoms with Gasteiger partial charge < -0.3 is 23.7 Å². The van der Waals surface area contributed by atoms with Crippen molar-refractivity contribution in [2.75, 3.05) is 0 Å². The highest BCUT2D eigenvalue weighted by atomic mass is 28.4. The molecule has 5 aliphatic rings. The van der Waals surface area contributed by atoms with Crippen molar-refractivity contribution >= 4 is 8.32 Å². The Hall–Kier alpha value is -0.763. The summed E-state index contributed by atoms with van der Waals surface area (Å²) in [6, 6.07) is 10.5. The van der Waals surface area contributed by atoms with Gasteiger partial charge in [-0.05, 0) is 86.9 Å². The second-order valence-corrected chi connectivity index (χ2v) is 20.9. The predicted octanol–water partition coefficient (Wildman–Crippen LogP) is 7.47. The van der Waals surface area contributed by atoms with E-state index in [9.17, 15) is 5.11 Å². The lowest BCUT2D eigenvalue weighted by Gasteiger charge is -2.63. The molecule has 0 spiro atoms. The average molecular weight is 571 g/mol. The lowest BCUT2D eigenvalue weighted by atomic mass is 9.46. The van der Waals surface area contributed by atoms with Crippen LogP contribution in [-0.4, -0.2) is 49.2 Å². The van der Waals surface area contributed by atoms with E-state index in [1.807, 2.05) is 0 Å². The first-order chi connectivity index (χ1) is 18.7. The van der Waals surface area contributed by atoms with Crippen LogP contribution in [0.15, 0.2) is 30.3 Å². The summed E-state index contributed by atoms with van der Waals surface area (Å²) in [6.07, 6.45) is 7.28. The van der Waals surface area contributed by atoms with Gasteiger partial charge in [0.1, 0.15) is 0 Å². The van der Waals surface area contributed by atoms with Gasteiger partial charge in [0, 0.05) is 11.8 Å². The molecule has 0 radical (unpaired) electrons. The summed E-state index contributed by atoms with van der Waals surface area (Å²) >= 11 is 0. The molecular formula is C34H54O5Si. The molecule has 0 amide bonds. The van der Waals surface area contributed by atoms with E-state index >= 15 is 0 Å². The zero-order valence-corrected chi connectivity index (χ0v) is 27.2. The highest BCUT2D eigenvalue weighted by molar-refractivity contribution is 6.74. The zero-order valence-electron chi connectivity index (χ0n) is 26.2. The Labute approximate surface area is 243 Å². The Morgan fingerprint density at radius 1 is 0.950 bits per heavy atom. The van der Waals surface area contributed by atoms with Crippen molar-refractivity contribution < 1.29 is 23.7 Å². The molecule has 4 unspecified atom stereocenters. The predicted molar refractivity (Wildman–Crippen MR) is 160 cm³/mol. The standard InChI is InChI=1S/C34H54O5Si/c1-31(2,3)40(7,8)39-26-18-17-23-27-28(25(20-33(23,26)6)36-21-22-14-10-9-11-15-22)34(35)19-13-12-16-24(34)29-30(27)38-32(4,5)37-29/h9-11,14-15,23-30,35H,12-13,16-21H2,1-8H3/t23?,24?,25-,26-,27?,28?,29+,30+,33-,34+/m0/s1. The van der Waals surface area contributed by atoms with Crippen LogP contribution in [0.4, 0.5) is 0 Å². The number of hydrogen-bond acceptors (Lipinski definition) is 5. The second-order valence-electron chi connectivity index (χ2n) is 16.1. The molecule has 10 atom stereocenters. The van der Waals surface area contributed by atoms with Crippen molar-refractivity contribution in [1.82, 2.24) is 0 Å². The number of benzene rings is 1. The zero-order chi connectivity index (χ0) is 28.7. The highest BCUT2D eigenvalue weighted by Crippen LogP contribution is 2.67. The maximum absolute atomic E-state index is 12.8. The Kier molecular flexibility index (Phi) is 7.24. The highest BCUT2D eigenvalue weighted by Gasteiger charge is 2.72. The number of ether oxygens (including phenoxy) is 3. The van der Waals surface area contributed by atoms with Crippen LogP contribution in [0.2, 0.25) is 18.1 Å². The molecule has 5 fully saturated rings. The van der Waals surface area contributed by atoms with Crippen LogP contribution in [0.5, 0.6) is 0 Å². The van der Waals surface area contributed by atoms with Crippen LogP contribution < -0.4 is 0 Å². The molecule has 4 aliphatic carbocycles. The quantitative estimate of drug-likeness (QED) is 0.372. The fourth-order valence-electron chi connectivity index (χ4n) is 9.45. The summed E-state index contributed by atoms with van der Waals surface area (Å²) in [4.78, 5) is 0. The molecule has 1 aliphatic heterocycles. The maximum Gasteiger partial charge on any atom is 0.192 e. The largest absolute Gasteiger partial charge is 0.413 e. The second kappa shape index (κ2) is 9.88. The van der Waals surface area contributed by atoms with Gasteiger partial charge in [-0.25, -0.2) is 0 Å². The van der Waals surface area contributed by atoms with E-state index in [0.717, 1.165) is 44.9 Å². The monoisotopic (exact) mass is 570 g/mol. The van der Waals surface area contributed by atoms with Crippen LogP contribution in [0.3, 0.4) is 0 Å². The van der Waals surface area contributed by atoms with Crippen molar-refractivity contribution in [3.63, 3.8) is 0 Å². The van der Waals surface area contributed by atoms with Gasteiger partial charge in [0.2, 0.25) is 0 Å². The lowest BCUT2D eigenvalue weighted by molar-refractivity contribution is -0.263.